The van der Waals surface area contributed by atoms with Gasteiger partial charge in [-0.25, -0.2) is 4.98 Å². The van der Waals surface area contributed by atoms with Crippen LogP contribution in [0.4, 0.5) is 0 Å². The molecule has 0 spiro atoms. The van der Waals surface area contributed by atoms with Crippen molar-refractivity contribution in [1.82, 2.24) is 9.55 Å². The second kappa shape index (κ2) is 4.70. The molecule has 0 fully saturated rings. The van der Waals surface area contributed by atoms with Gasteiger partial charge in [0.2, 0.25) is 0 Å². The van der Waals surface area contributed by atoms with Crippen LogP contribution in [0.1, 0.15) is 13.3 Å². The molecule has 0 aliphatic carbocycles. The highest BCUT2D eigenvalue weighted by atomic mass is 32.1. The smallest absolute Gasteiger partial charge is 0.149 e. The van der Waals surface area contributed by atoms with Crippen molar-refractivity contribution in [3.05, 3.63) is 29.9 Å². The summed E-state index contributed by atoms with van der Waals surface area (Å²) >= 11 is 1.65. The zero-order chi connectivity index (χ0) is 12.3. The van der Waals surface area contributed by atoms with Crippen LogP contribution in [0.3, 0.4) is 0 Å². The lowest BCUT2D eigenvalue weighted by atomic mass is 10.0. The molecule has 4 nitrogen and oxygen atoms in total. The number of hydrogen-bond donors (Lipinski definition) is 1. The number of nitrogens with zero attached hydrogens (tertiary/aromatic N) is 3. The zero-order valence-corrected chi connectivity index (χ0v) is 10.4. The summed E-state index contributed by atoms with van der Waals surface area (Å²) in [6, 6.07) is 6.14. The van der Waals surface area contributed by atoms with Crippen LogP contribution < -0.4 is 5.73 Å². The summed E-state index contributed by atoms with van der Waals surface area (Å²) in [6.45, 7) is 2.45. The molecule has 1 unspecified atom stereocenters. The Labute approximate surface area is 104 Å². The van der Waals surface area contributed by atoms with Gasteiger partial charge in [-0.3, -0.25) is 0 Å². The van der Waals surface area contributed by atoms with E-state index in [9.17, 15) is 0 Å². The third-order valence-corrected chi connectivity index (χ3v) is 3.45. The molecule has 0 radical (unpaired) electrons. The van der Waals surface area contributed by atoms with Crippen molar-refractivity contribution in [1.29, 1.82) is 5.26 Å². The van der Waals surface area contributed by atoms with Gasteiger partial charge in [0, 0.05) is 18.9 Å². The lowest BCUT2D eigenvalue weighted by molar-refractivity contribution is 0.492. The van der Waals surface area contributed by atoms with Gasteiger partial charge in [0.25, 0.3) is 0 Å². The molecular weight excluding hydrogens is 232 g/mol. The molecule has 0 saturated carbocycles. The van der Waals surface area contributed by atoms with Crippen molar-refractivity contribution in [2.24, 2.45) is 5.73 Å². The number of thiophene rings is 1. The number of imidazole rings is 1. The van der Waals surface area contributed by atoms with Crippen LogP contribution in [0.15, 0.2) is 29.9 Å². The van der Waals surface area contributed by atoms with Gasteiger partial charge in [-0.15, -0.1) is 11.3 Å². The normalized spacial score (nSPS) is 14.2. The highest BCUT2D eigenvalue weighted by molar-refractivity contribution is 7.13. The van der Waals surface area contributed by atoms with E-state index in [4.69, 9.17) is 11.0 Å². The van der Waals surface area contributed by atoms with E-state index in [1.54, 1.807) is 24.5 Å². The number of nitriles is 1. The van der Waals surface area contributed by atoms with Crippen LogP contribution in [0, 0.1) is 11.3 Å². The van der Waals surface area contributed by atoms with Gasteiger partial charge in [0.05, 0.1) is 10.9 Å². The summed E-state index contributed by atoms with van der Waals surface area (Å²) < 4.78 is 2.04. The molecule has 0 aromatic carbocycles. The van der Waals surface area contributed by atoms with Gasteiger partial charge < -0.3 is 10.3 Å². The molecule has 0 amide bonds. The van der Waals surface area contributed by atoms with E-state index in [0.29, 0.717) is 13.0 Å². The third-order valence-electron chi connectivity index (χ3n) is 2.58. The van der Waals surface area contributed by atoms with Gasteiger partial charge in [-0.1, -0.05) is 6.07 Å². The molecule has 2 aromatic heterocycles. The predicted molar refractivity (Wildman–Crippen MR) is 68.4 cm³/mol. The fourth-order valence-corrected chi connectivity index (χ4v) is 2.27. The molecule has 1 atom stereocenters. The van der Waals surface area contributed by atoms with E-state index in [1.165, 1.54) is 0 Å². The number of aryl methyl sites for hydroxylation is 1. The first-order chi connectivity index (χ1) is 8.12. The van der Waals surface area contributed by atoms with Crippen LogP contribution in [0.25, 0.3) is 10.7 Å². The van der Waals surface area contributed by atoms with E-state index in [2.05, 4.69) is 11.1 Å². The Balaban J connectivity index is 2.14. The molecule has 0 bridgehead atoms. The van der Waals surface area contributed by atoms with Gasteiger partial charge in [0.15, 0.2) is 0 Å². The van der Waals surface area contributed by atoms with Crippen molar-refractivity contribution >= 4 is 11.3 Å². The van der Waals surface area contributed by atoms with E-state index >= 15 is 0 Å². The van der Waals surface area contributed by atoms with Crippen molar-refractivity contribution in [2.45, 2.75) is 25.4 Å². The first-order valence-electron chi connectivity index (χ1n) is 5.37. The Morgan fingerprint density at radius 3 is 3.12 bits per heavy atom. The molecule has 5 heteroatoms. The Morgan fingerprint density at radius 1 is 1.65 bits per heavy atom. The molecule has 2 aromatic rings. The molecule has 0 aliphatic heterocycles. The molecule has 0 saturated heterocycles. The molecule has 2 N–H and O–H groups in total. The second-order valence-electron chi connectivity index (χ2n) is 4.20. The number of aromatic nitrogens is 2. The number of hydrogen-bond acceptors (Lipinski definition) is 4. The van der Waals surface area contributed by atoms with Gasteiger partial charge in [0.1, 0.15) is 11.4 Å². The number of rotatable bonds is 4. The van der Waals surface area contributed by atoms with E-state index in [0.717, 1.165) is 10.7 Å². The Hall–Kier alpha value is -1.64. The summed E-state index contributed by atoms with van der Waals surface area (Å²) in [5, 5.41) is 10.9. The van der Waals surface area contributed by atoms with Crippen LogP contribution in [-0.4, -0.2) is 15.1 Å². The average molecular weight is 246 g/mol. The van der Waals surface area contributed by atoms with Gasteiger partial charge in [-0.2, -0.15) is 5.26 Å². The van der Waals surface area contributed by atoms with E-state index in [-0.39, 0.29) is 0 Å². The largest absolute Gasteiger partial charge is 0.330 e. The minimum absolute atomic E-state index is 0.609. The predicted octanol–water partition coefficient (Wildman–Crippen LogP) is 2.24. The summed E-state index contributed by atoms with van der Waals surface area (Å²) in [6.07, 6.45) is 4.30. The summed E-state index contributed by atoms with van der Waals surface area (Å²) in [5.41, 5.74) is 5.03. The molecule has 0 aliphatic rings. The summed E-state index contributed by atoms with van der Waals surface area (Å²) in [7, 11) is 0. The van der Waals surface area contributed by atoms with Crippen LogP contribution in [0.5, 0.6) is 0 Å². The maximum absolute atomic E-state index is 8.88. The average Bonchev–Trinajstić information content (AvgIpc) is 2.96. The van der Waals surface area contributed by atoms with Crippen molar-refractivity contribution in [3.63, 3.8) is 0 Å². The van der Waals surface area contributed by atoms with Crippen LogP contribution in [-0.2, 0) is 6.54 Å². The quantitative estimate of drug-likeness (QED) is 0.899. The summed E-state index contributed by atoms with van der Waals surface area (Å²) in [4.78, 5) is 5.47. The van der Waals surface area contributed by atoms with Crippen molar-refractivity contribution < 1.29 is 0 Å². The monoisotopic (exact) mass is 246 g/mol. The lowest BCUT2D eigenvalue weighted by Crippen LogP contribution is -2.35. The topological polar surface area (TPSA) is 67.6 Å². The number of nitrogens with two attached hydrogens (primary N) is 1. The van der Waals surface area contributed by atoms with Crippen LogP contribution in [0.2, 0.25) is 0 Å². The Kier molecular flexibility index (Phi) is 3.27. The maximum atomic E-state index is 8.88. The van der Waals surface area contributed by atoms with Crippen molar-refractivity contribution in [2.75, 3.05) is 0 Å². The zero-order valence-electron chi connectivity index (χ0n) is 9.63. The highest BCUT2D eigenvalue weighted by Crippen LogP contribution is 2.23. The van der Waals surface area contributed by atoms with Crippen molar-refractivity contribution in [3.8, 4) is 16.8 Å². The molecule has 88 valence electrons. The van der Waals surface area contributed by atoms with Crippen LogP contribution >= 0.6 is 11.3 Å². The Morgan fingerprint density at radius 2 is 2.47 bits per heavy atom. The molecule has 17 heavy (non-hydrogen) atoms. The van der Waals surface area contributed by atoms with E-state index < -0.39 is 5.54 Å². The lowest BCUT2D eigenvalue weighted by Gasteiger charge is -2.16. The molecule has 2 rings (SSSR count). The third kappa shape index (κ3) is 2.73. The highest BCUT2D eigenvalue weighted by Gasteiger charge is 2.17. The molecular formula is C12H14N4S. The second-order valence-corrected chi connectivity index (χ2v) is 5.15. The van der Waals surface area contributed by atoms with Gasteiger partial charge >= 0.3 is 0 Å². The standard InChI is InChI=1S/C12H14N4S/c1-12(14,9-13)4-6-16-7-5-15-11(16)10-3-2-8-17-10/h2-3,5,7-8H,4,6,14H2,1H3. The fraction of sp³-hybridized carbons (Fsp3) is 0.333. The first kappa shape index (κ1) is 11.8. The summed E-state index contributed by atoms with van der Waals surface area (Å²) in [5.74, 6) is 0.939. The Bertz CT molecular complexity index is 519. The van der Waals surface area contributed by atoms with Gasteiger partial charge in [-0.05, 0) is 24.8 Å². The fourth-order valence-electron chi connectivity index (χ4n) is 1.53. The van der Waals surface area contributed by atoms with E-state index in [1.807, 2.05) is 28.3 Å². The minimum Gasteiger partial charge on any atom is -0.330 e. The first-order valence-corrected chi connectivity index (χ1v) is 6.25. The maximum Gasteiger partial charge on any atom is 0.149 e. The minimum atomic E-state index is -0.781. The SMILES string of the molecule is CC(N)(C#N)CCn1ccnc1-c1cccs1. The molecule has 2 heterocycles.